The highest BCUT2D eigenvalue weighted by Gasteiger charge is 2.22. The van der Waals surface area contributed by atoms with Crippen molar-refractivity contribution < 1.29 is 9.53 Å². The number of carbonyl (C=O) groups excluding carboxylic acids is 1. The Morgan fingerprint density at radius 2 is 1.63 bits per heavy atom. The average Bonchev–Trinajstić information content (AvgIpc) is 3.32. The van der Waals surface area contributed by atoms with Crippen LogP contribution in [0.1, 0.15) is 29.0 Å². The molecule has 0 bridgehead atoms. The Morgan fingerprint density at radius 1 is 0.857 bits per heavy atom. The highest BCUT2D eigenvalue weighted by molar-refractivity contribution is 6.30. The number of para-hydroxylation sites is 1. The van der Waals surface area contributed by atoms with Gasteiger partial charge in [0.15, 0.2) is 0 Å². The Morgan fingerprint density at radius 3 is 2.46 bits per heavy atom. The molecular weight excluding hydrogens is 456 g/mol. The minimum atomic E-state index is -0.143. The molecule has 5 heteroatoms. The SMILES string of the molecule is O=C(CC(c1cccc(Oc2ccc(Cl)cc2)c1)c1c[nH]c2ccccc12)NCc1ccccc1. The number of aromatic nitrogens is 1. The quantitative estimate of drug-likeness (QED) is 0.242. The molecule has 0 saturated carbocycles. The van der Waals surface area contributed by atoms with Crippen LogP contribution in [0.5, 0.6) is 11.5 Å². The smallest absolute Gasteiger partial charge is 0.221 e. The van der Waals surface area contributed by atoms with Gasteiger partial charge in [-0.25, -0.2) is 0 Å². The van der Waals surface area contributed by atoms with Crippen LogP contribution in [-0.4, -0.2) is 10.9 Å². The first-order chi connectivity index (χ1) is 17.2. The maximum atomic E-state index is 13.1. The van der Waals surface area contributed by atoms with Crippen LogP contribution in [0.2, 0.25) is 5.02 Å². The zero-order valence-electron chi connectivity index (χ0n) is 19.1. The molecule has 0 saturated heterocycles. The number of amides is 1. The van der Waals surface area contributed by atoms with Gasteiger partial charge in [0.1, 0.15) is 11.5 Å². The van der Waals surface area contributed by atoms with E-state index in [1.807, 2.05) is 91.1 Å². The van der Waals surface area contributed by atoms with Crippen molar-refractivity contribution >= 4 is 28.4 Å². The number of ether oxygens (including phenoxy) is 1. The van der Waals surface area contributed by atoms with Gasteiger partial charge in [-0.15, -0.1) is 0 Å². The van der Waals surface area contributed by atoms with Gasteiger partial charge in [-0.05, 0) is 59.2 Å². The van der Waals surface area contributed by atoms with E-state index in [1.165, 1.54) is 0 Å². The lowest BCUT2D eigenvalue weighted by Gasteiger charge is -2.18. The molecule has 5 rings (SSSR count). The van der Waals surface area contributed by atoms with Crippen molar-refractivity contribution in [3.05, 3.63) is 131 Å². The molecule has 1 aromatic heterocycles. The van der Waals surface area contributed by atoms with Crippen molar-refractivity contribution in [2.24, 2.45) is 0 Å². The largest absolute Gasteiger partial charge is 0.457 e. The van der Waals surface area contributed by atoms with E-state index < -0.39 is 0 Å². The number of carbonyl (C=O) groups is 1. The van der Waals surface area contributed by atoms with Crippen LogP contribution in [0.3, 0.4) is 0 Å². The molecule has 0 radical (unpaired) electrons. The summed E-state index contributed by atoms with van der Waals surface area (Å²) in [6.45, 7) is 0.500. The van der Waals surface area contributed by atoms with E-state index in [0.717, 1.165) is 27.6 Å². The minimum absolute atomic E-state index is 0.00634. The van der Waals surface area contributed by atoms with Gasteiger partial charge >= 0.3 is 0 Å². The number of fused-ring (bicyclic) bond motifs is 1. The third kappa shape index (κ3) is 5.56. The van der Waals surface area contributed by atoms with Crippen molar-refractivity contribution in [1.29, 1.82) is 0 Å². The van der Waals surface area contributed by atoms with E-state index in [1.54, 1.807) is 12.1 Å². The number of nitrogens with one attached hydrogen (secondary N) is 2. The van der Waals surface area contributed by atoms with E-state index in [4.69, 9.17) is 16.3 Å². The fraction of sp³-hybridized carbons (Fsp3) is 0.100. The maximum Gasteiger partial charge on any atom is 0.221 e. The van der Waals surface area contributed by atoms with E-state index in [0.29, 0.717) is 29.5 Å². The molecule has 1 amide bonds. The van der Waals surface area contributed by atoms with Crippen LogP contribution in [0.4, 0.5) is 0 Å². The van der Waals surface area contributed by atoms with Crippen LogP contribution < -0.4 is 10.1 Å². The van der Waals surface area contributed by atoms with Crippen LogP contribution in [0.15, 0.2) is 109 Å². The van der Waals surface area contributed by atoms with Crippen molar-refractivity contribution in [3.8, 4) is 11.5 Å². The lowest BCUT2D eigenvalue weighted by atomic mass is 9.88. The summed E-state index contributed by atoms with van der Waals surface area (Å²) in [5, 5.41) is 4.84. The zero-order chi connectivity index (χ0) is 24.0. The number of hydrogen-bond donors (Lipinski definition) is 2. The van der Waals surface area contributed by atoms with Gasteiger partial charge in [0.2, 0.25) is 5.91 Å². The third-order valence-corrected chi connectivity index (χ3v) is 6.28. The summed E-state index contributed by atoms with van der Waals surface area (Å²) in [5.74, 6) is 1.26. The number of rotatable bonds is 8. The van der Waals surface area contributed by atoms with E-state index in [2.05, 4.69) is 16.4 Å². The number of H-pyrrole nitrogens is 1. The molecule has 0 fully saturated rings. The van der Waals surface area contributed by atoms with E-state index in [9.17, 15) is 4.79 Å². The molecular formula is C30H25ClN2O2. The first kappa shape index (κ1) is 22.8. The van der Waals surface area contributed by atoms with Crippen molar-refractivity contribution in [2.45, 2.75) is 18.9 Å². The second-order valence-electron chi connectivity index (χ2n) is 8.44. The second kappa shape index (κ2) is 10.5. The van der Waals surface area contributed by atoms with E-state index >= 15 is 0 Å². The zero-order valence-corrected chi connectivity index (χ0v) is 19.8. The summed E-state index contributed by atoms with van der Waals surface area (Å²) in [5.41, 5.74) is 4.21. The lowest BCUT2D eigenvalue weighted by Crippen LogP contribution is -2.25. The number of halogens is 1. The summed E-state index contributed by atoms with van der Waals surface area (Å²) in [6.07, 6.45) is 2.33. The Balaban J connectivity index is 1.43. The topological polar surface area (TPSA) is 54.1 Å². The fourth-order valence-corrected chi connectivity index (χ4v) is 4.40. The molecule has 2 N–H and O–H groups in total. The fourth-order valence-electron chi connectivity index (χ4n) is 4.28. The van der Waals surface area contributed by atoms with Crippen molar-refractivity contribution in [1.82, 2.24) is 10.3 Å². The van der Waals surface area contributed by atoms with Gasteiger partial charge in [-0.1, -0.05) is 72.3 Å². The molecule has 1 heterocycles. The average molecular weight is 481 g/mol. The Hall–Kier alpha value is -4.02. The summed E-state index contributed by atoms with van der Waals surface area (Å²) in [7, 11) is 0. The summed E-state index contributed by atoms with van der Waals surface area (Å²) < 4.78 is 6.07. The molecule has 1 unspecified atom stereocenters. The molecule has 4 nitrogen and oxygen atoms in total. The molecule has 0 aliphatic heterocycles. The Labute approximate surface area is 209 Å². The second-order valence-corrected chi connectivity index (χ2v) is 8.87. The van der Waals surface area contributed by atoms with Gasteiger partial charge < -0.3 is 15.0 Å². The minimum Gasteiger partial charge on any atom is -0.457 e. The molecule has 0 aliphatic rings. The maximum absolute atomic E-state index is 13.1. The van der Waals surface area contributed by atoms with Gasteiger partial charge in [-0.2, -0.15) is 0 Å². The summed E-state index contributed by atoms with van der Waals surface area (Å²) >= 11 is 6.00. The molecule has 35 heavy (non-hydrogen) atoms. The third-order valence-electron chi connectivity index (χ3n) is 6.03. The van der Waals surface area contributed by atoms with Crippen LogP contribution in [0.25, 0.3) is 10.9 Å². The predicted octanol–water partition coefficient (Wildman–Crippen LogP) is 7.45. The first-order valence-electron chi connectivity index (χ1n) is 11.6. The molecule has 174 valence electrons. The first-order valence-corrected chi connectivity index (χ1v) is 11.9. The molecule has 1 atom stereocenters. The molecule has 0 aliphatic carbocycles. The monoisotopic (exact) mass is 480 g/mol. The molecule has 5 aromatic rings. The van der Waals surface area contributed by atoms with Crippen LogP contribution in [-0.2, 0) is 11.3 Å². The number of aromatic amines is 1. The van der Waals surface area contributed by atoms with Gasteiger partial charge in [0.25, 0.3) is 0 Å². The lowest BCUT2D eigenvalue weighted by molar-refractivity contribution is -0.121. The van der Waals surface area contributed by atoms with Crippen LogP contribution in [0, 0.1) is 0 Å². The van der Waals surface area contributed by atoms with Gasteiger partial charge in [-0.3, -0.25) is 4.79 Å². The predicted molar refractivity (Wildman–Crippen MR) is 141 cm³/mol. The van der Waals surface area contributed by atoms with Crippen molar-refractivity contribution in [2.75, 3.05) is 0 Å². The highest BCUT2D eigenvalue weighted by atomic mass is 35.5. The molecule has 4 aromatic carbocycles. The Bertz CT molecular complexity index is 1430. The van der Waals surface area contributed by atoms with Crippen molar-refractivity contribution in [3.63, 3.8) is 0 Å². The van der Waals surface area contributed by atoms with E-state index in [-0.39, 0.29) is 11.8 Å². The van der Waals surface area contributed by atoms with Crippen LogP contribution >= 0.6 is 11.6 Å². The normalized spacial score (nSPS) is 11.8. The Kier molecular flexibility index (Phi) is 6.82. The molecule has 0 spiro atoms. The standard InChI is InChI=1S/C30H25ClN2O2/c31-23-13-15-24(16-14-23)35-25-10-6-9-22(17-25)27(28-20-32-29-12-5-4-11-26(28)29)18-30(34)33-19-21-7-2-1-3-8-21/h1-17,20,27,32H,18-19H2,(H,33,34). The number of hydrogen-bond acceptors (Lipinski definition) is 2. The summed E-state index contributed by atoms with van der Waals surface area (Å²) in [4.78, 5) is 16.4. The highest BCUT2D eigenvalue weighted by Crippen LogP contribution is 2.35. The van der Waals surface area contributed by atoms with Gasteiger partial charge in [0, 0.05) is 41.0 Å². The van der Waals surface area contributed by atoms with Gasteiger partial charge in [0.05, 0.1) is 0 Å². The summed E-state index contributed by atoms with van der Waals surface area (Å²) in [6, 6.07) is 33.3. The number of benzene rings is 4.